The normalized spacial score (nSPS) is 11.1. The number of anilines is 1. The highest BCUT2D eigenvalue weighted by Gasteiger charge is 1.98. The van der Waals surface area contributed by atoms with E-state index >= 15 is 0 Å². The summed E-state index contributed by atoms with van der Waals surface area (Å²) < 4.78 is 11.1. The lowest BCUT2D eigenvalue weighted by atomic mass is 10.1. The quantitative estimate of drug-likeness (QED) is 0.229. The summed E-state index contributed by atoms with van der Waals surface area (Å²) in [5, 5.41) is 3.12. The molecule has 0 unspecified atom stereocenters. The lowest BCUT2D eigenvalue weighted by Gasteiger charge is -2.08. The Morgan fingerprint density at radius 3 is 2.33 bits per heavy atom. The lowest BCUT2D eigenvalue weighted by Crippen LogP contribution is -2.23. The van der Waals surface area contributed by atoms with Crippen LogP contribution in [0.4, 0.5) is 5.69 Å². The molecule has 2 aromatic carbocycles. The molecule has 0 amide bonds. The fourth-order valence-corrected chi connectivity index (χ4v) is 2.58. The van der Waals surface area contributed by atoms with Crippen molar-refractivity contribution in [3.8, 4) is 0 Å². The average molecular weight is 483 g/mol. The summed E-state index contributed by atoms with van der Waals surface area (Å²) in [5.74, 6) is 0.432. The van der Waals surface area contributed by atoms with Gasteiger partial charge in [-0.05, 0) is 49.1 Å². The van der Waals surface area contributed by atoms with Gasteiger partial charge in [0, 0.05) is 18.8 Å². The van der Waals surface area contributed by atoms with Crippen LogP contribution in [0.1, 0.15) is 23.1 Å². The van der Waals surface area contributed by atoms with Gasteiger partial charge in [-0.25, -0.2) is 0 Å². The zero-order valence-electron chi connectivity index (χ0n) is 16.1. The molecule has 0 aromatic heterocycles. The highest BCUT2D eigenvalue weighted by Crippen LogP contribution is 2.13. The van der Waals surface area contributed by atoms with Crippen molar-refractivity contribution in [1.29, 1.82) is 0 Å². The standard InChI is InChI=1S/C21H29N3O2.HI/c1-17-13-18(2)15-20(14-17)24-21(22)23-9-6-10-25-11-12-26-16-19-7-4-3-5-8-19;/h3-5,7-8,13-15H,6,9-12,16H2,1-2H3,(H3,22,23,24);1H. The summed E-state index contributed by atoms with van der Waals surface area (Å²) >= 11 is 0. The number of aliphatic imine (C=N–C) groups is 1. The van der Waals surface area contributed by atoms with Crippen molar-refractivity contribution in [3.63, 3.8) is 0 Å². The van der Waals surface area contributed by atoms with Crippen molar-refractivity contribution in [3.05, 3.63) is 65.2 Å². The van der Waals surface area contributed by atoms with Crippen LogP contribution in [-0.4, -0.2) is 32.3 Å². The Morgan fingerprint density at radius 1 is 0.963 bits per heavy atom. The lowest BCUT2D eigenvalue weighted by molar-refractivity contribution is 0.0403. The van der Waals surface area contributed by atoms with Crippen LogP contribution in [0.15, 0.2) is 53.5 Å². The number of rotatable bonds is 10. The minimum absolute atomic E-state index is 0. The first-order chi connectivity index (χ1) is 12.6. The Bertz CT molecular complexity index is 673. The van der Waals surface area contributed by atoms with E-state index in [0.717, 1.165) is 12.1 Å². The van der Waals surface area contributed by atoms with E-state index < -0.39 is 0 Å². The molecule has 0 saturated carbocycles. The van der Waals surface area contributed by atoms with Crippen LogP contribution in [-0.2, 0) is 16.1 Å². The molecule has 2 rings (SSSR count). The van der Waals surface area contributed by atoms with E-state index in [1.807, 2.05) is 30.3 Å². The third kappa shape index (κ3) is 10.3. The predicted octanol–water partition coefficient (Wildman–Crippen LogP) is 4.27. The molecule has 0 aliphatic carbocycles. The molecule has 0 aliphatic rings. The molecule has 0 saturated heterocycles. The Balaban J connectivity index is 0.00000364. The van der Waals surface area contributed by atoms with E-state index in [1.54, 1.807) is 0 Å². The van der Waals surface area contributed by atoms with Gasteiger partial charge in [-0.2, -0.15) is 0 Å². The summed E-state index contributed by atoms with van der Waals surface area (Å²) in [7, 11) is 0. The van der Waals surface area contributed by atoms with E-state index in [2.05, 4.69) is 42.4 Å². The van der Waals surface area contributed by atoms with Crippen molar-refractivity contribution < 1.29 is 9.47 Å². The third-order valence-corrected chi connectivity index (χ3v) is 3.71. The molecule has 6 heteroatoms. The van der Waals surface area contributed by atoms with Gasteiger partial charge in [0.15, 0.2) is 5.96 Å². The number of hydrogen-bond acceptors (Lipinski definition) is 3. The molecule has 0 spiro atoms. The highest BCUT2D eigenvalue weighted by molar-refractivity contribution is 14.0. The van der Waals surface area contributed by atoms with Crippen LogP contribution in [0, 0.1) is 13.8 Å². The number of guanidine groups is 1. The predicted molar refractivity (Wildman–Crippen MR) is 123 cm³/mol. The van der Waals surface area contributed by atoms with Gasteiger partial charge in [-0.3, -0.25) is 4.99 Å². The van der Waals surface area contributed by atoms with E-state index in [-0.39, 0.29) is 24.0 Å². The minimum atomic E-state index is 0. The van der Waals surface area contributed by atoms with Gasteiger partial charge in [0.05, 0.1) is 19.8 Å². The van der Waals surface area contributed by atoms with Gasteiger partial charge < -0.3 is 20.5 Å². The highest BCUT2D eigenvalue weighted by atomic mass is 127. The maximum absolute atomic E-state index is 5.92. The maximum Gasteiger partial charge on any atom is 0.193 e. The first kappa shape index (κ1) is 23.4. The van der Waals surface area contributed by atoms with Crippen LogP contribution in [0.25, 0.3) is 0 Å². The third-order valence-electron chi connectivity index (χ3n) is 3.71. The fraction of sp³-hybridized carbons (Fsp3) is 0.381. The van der Waals surface area contributed by atoms with Gasteiger partial charge in [0.25, 0.3) is 0 Å². The Kier molecular flexibility index (Phi) is 11.7. The first-order valence-electron chi connectivity index (χ1n) is 8.98. The number of ether oxygens (including phenoxy) is 2. The second-order valence-electron chi connectivity index (χ2n) is 6.27. The van der Waals surface area contributed by atoms with Crippen LogP contribution >= 0.6 is 24.0 Å². The molecule has 0 aliphatic heterocycles. The molecule has 2 aromatic rings. The van der Waals surface area contributed by atoms with E-state index in [1.165, 1.54) is 16.7 Å². The number of aryl methyl sites for hydroxylation is 2. The van der Waals surface area contributed by atoms with Crippen LogP contribution in [0.3, 0.4) is 0 Å². The molecule has 0 heterocycles. The minimum Gasteiger partial charge on any atom is -0.379 e. The molecule has 0 radical (unpaired) electrons. The van der Waals surface area contributed by atoms with E-state index in [4.69, 9.17) is 15.2 Å². The topological polar surface area (TPSA) is 68.9 Å². The zero-order chi connectivity index (χ0) is 18.6. The Labute approximate surface area is 179 Å². The van der Waals surface area contributed by atoms with Crippen molar-refractivity contribution in [1.82, 2.24) is 0 Å². The zero-order valence-corrected chi connectivity index (χ0v) is 18.4. The molecule has 3 N–H and O–H groups in total. The van der Waals surface area contributed by atoms with Crippen molar-refractivity contribution in [2.45, 2.75) is 26.9 Å². The van der Waals surface area contributed by atoms with Gasteiger partial charge in [0.1, 0.15) is 0 Å². The van der Waals surface area contributed by atoms with Crippen molar-refractivity contribution >= 4 is 35.6 Å². The summed E-state index contributed by atoms with van der Waals surface area (Å²) in [6, 6.07) is 16.3. The summed E-state index contributed by atoms with van der Waals surface area (Å²) in [6.07, 6.45) is 0.827. The number of hydrogen-bond donors (Lipinski definition) is 2. The van der Waals surface area contributed by atoms with Gasteiger partial charge in [-0.15, -0.1) is 24.0 Å². The number of nitrogens with two attached hydrogens (primary N) is 1. The van der Waals surface area contributed by atoms with Gasteiger partial charge in [0.2, 0.25) is 0 Å². The van der Waals surface area contributed by atoms with Crippen LogP contribution in [0.2, 0.25) is 0 Å². The van der Waals surface area contributed by atoms with Crippen molar-refractivity contribution in [2.75, 3.05) is 31.7 Å². The number of halogens is 1. The molecule has 0 bridgehead atoms. The second kappa shape index (κ2) is 13.5. The molecule has 5 nitrogen and oxygen atoms in total. The summed E-state index contributed by atoms with van der Waals surface area (Å²) in [5.41, 5.74) is 10.5. The fourth-order valence-electron chi connectivity index (χ4n) is 2.58. The van der Waals surface area contributed by atoms with Crippen LogP contribution < -0.4 is 11.1 Å². The molecule has 27 heavy (non-hydrogen) atoms. The summed E-state index contributed by atoms with van der Waals surface area (Å²) in [6.45, 7) is 7.21. The Hall–Kier alpha value is -1.64. The smallest absolute Gasteiger partial charge is 0.193 e. The average Bonchev–Trinajstić information content (AvgIpc) is 2.60. The molecular weight excluding hydrogens is 453 g/mol. The molecular formula is C21H30IN3O2. The van der Waals surface area contributed by atoms with Crippen molar-refractivity contribution in [2.24, 2.45) is 10.7 Å². The van der Waals surface area contributed by atoms with Gasteiger partial charge in [-0.1, -0.05) is 36.4 Å². The van der Waals surface area contributed by atoms with Crippen LogP contribution in [0.5, 0.6) is 0 Å². The number of nitrogens with one attached hydrogen (secondary N) is 1. The molecule has 0 fully saturated rings. The monoisotopic (exact) mass is 483 g/mol. The van der Waals surface area contributed by atoms with Gasteiger partial charge >= 0.3 is 0 Å². The number of benzene rings is 2. The van der Waals surface area contributed by atoms with E-state index in [0.29, 0.717) is 38.9 Å². The summed E-state index contributed by atoms with van der Waals surface area (Å²) in [4.78, 5) is 4.32. The first-order valence-corrected chi connectivity index (χ1v) is 8.98. The molecule has 0 atom stereocenters. The second-order valence-corrected chi connectivity index (χ2v) is 6.27. The van der Waals surface area contributed by atoms with E-state index in [9.17, 15) is 0 Å². The Morgan fingerprint density at radius 2 is 1.63 bits per heavy atom. The molecule has 148 valence electrons. The SMILES string of the molecule is Cc1cc(C)cc(NC(N)=NCCCOCCOCc2ccccc2)c1.I. The largest absolute Gasteiger partial charge is 0.379 e. The number of nitrogens with zero attached hydrogens (tertiary/aromatic N) is 1. The maximum atomic E-state index is 5.92.